The molecule has 1 aromatic rings. The van der Waals surface area contributed by atoms with E-state index in [1.165, 1.54) is 6.26 Å². The van der Waals surface area contributed by atoms with E-state index in [1.54, 1.807) is 26.2 Å². The largest absolute Gasteiger partial charge is 0.466 e. The van der Waals surface area contributed by atoms with E-state index in [0.29, 0.717) is 18.3 Å². The minimum Gasteiger partial charge on any atom is -0.466 e. The second-order valence-corrected chi connectivity index (χ2v) is 4.95. The number of nitrogens with one attached hydrogen (secondary N) is 2. The van der Waals surface area contributed by atoms with Crippen LogP contribution in [0.5, 0.6) is 0 Å². The summed E-state index contributed by atoms with van der Waals surface area (Å²) >= 11 is 0. The molecule has 0 aliphatic carbocycles. The zero-order valence-corrected chi connectivity index (χ0v) is 12.6. The first-order valence-electron chi connectivity index (χ1n) is 6.79. The molecule has 0 fully saturated rings. The number of hydrogen-bond acceptors (Lipinski definition) is 4. The summed E-state index contributed by atoms with van der Waals surface area (Å²) in [6.45, 7) is 7.20. The number of nitrogens with zero attached hydrogens (tertiary/aromatic N) is 1. The van der Waals surface area contributed by atoms with Gasteiger partial charge in [0.05, 0.1) is 19.4 Å². The molecule has 0 amide bonds. The summed E-state index contributed by atoms with van der Waals surface area (Å²) in [4.78, 5) is 4.39. The Labute approximate surface area is 120 Å². The summed E-state index contributed by atoms with van der Waals surface area (Å²) in [5, 5.41) is 16.7. The van der Waals surface area contributed by atoms with Gasteiger partial charge in [0.1, 0.15) is 11.4 Å². The van der Waals surface area contributed by atoms with Gasteiger partial charge in [0.15, 0.2) is 5.96 Å². The molecule has 114 valence electrons. The standard InChI is InChI=1S/C14H25N3O3/c1-5-15-13(17-11(2)9-19-4)16-10-14(3,18)12-7-6-8-20-12/h6-8,11,18H,5,9-10H2,1-4H3,(H2,15,16,17). The van der Waals surface area contributed by atoms with Gasteiger partial charge in [-0.05, 0) is 32.9 Å². The fourth-order valence-corrected chi connectivity index (χ4v) is 1.74. The maximum Gasteiger partial charge on any atom is 0.191 e. The van der Waals surface area contributed by atoms with E-state index in [1.807, 2.05) is 13.8 Å². The summed E-state index contributed by atoms with van der Waals surface area (Å²) < 4.78 is 10.3. The number of rotatable bonds is 7. The van der Waals surface area contributed by atoms with Crippen LogP contribution < -0.4 is 10.6 Å². The molecular formula is C14H25N3O3. The Hall–Kier alpha value is -1.53. The summed E-state index contributed by atoms with van der Waals surface area (Å²) in [6.07, 6.45) is 1.54. The molecule has 6 nitrogen and oxygen atoms in total. The smallest absolute Gasteiger partial charge is 0.191 e. The number of hydrogen-bond donors (Lipinski definition) is 3. The second kappa shape index (κ2) is 7.91. The SMILES string of the molecule is CCNC(=NCC(C)(O)c1ccco1)NC(C)COC. The van der Waals surface area contributed by atoms with E-state index >= 15 is 0 Å². The Morgan fingerprint density at radius 2 is 2.35 bits per heavy atom. The van der Waals surface area contributed by atoms with E-state index < -0.39 is 5.60 Å². The fraction of sp³-hybridized carbons (Fsp3) is 0.643. The summed E-state index contributed by atoms with van der Waals surface area (Å²) in [6, 6.07) is 3.62. The highest BCUT2D eigenvalue weighted by atomic mass is 16.5. The third-order valence-electron chi connectivity index (χ3n) is 2.74. The van der Waals surface area contributed by atoms with Gasteiger partial charge in [-0.1, -0.05) is 0 Å². The molecule has 0 saturated carbocycles. The molecule has 1 heterocycles. The lowest BCUT2D eigenvalue weighted by Crippen LogP contribution is -2.44. The van der Waals surface area contributed by atoms with Gasteiger partial charge in [0, 0.05) is 19.7 Å². The molecule has 0 spiro atoms. The van der Waals surface area contributed by atoms with Crippen LogP contribution in [0.2, 0.25) is 0 Å². The molecule has 20 heavy (non-hydrogen) atoms. The Bertz CT molecular complexity index is 402. The molecule has 0 saturated heterocycles. The van der Waals surface area contributed by atoms with E-state index in [4.69, 9.17) is 9.15 Å². The van der Waals surface area contributed by atoms with Crippen molar-refractivity contribution in [1.29, 1.82) is 0 Å². The molecule has 3 N–H and O–H groups in total. The first-order valence-corrected chi connectivity index (χ1v) is 6.79. The van der Waals surface area contributed by atoms with Crippen LogP contribution >= 0.6 is 0 Å². The minimum atomic E-state index is -1.13. The maximum atomic E-state index is 10.3. The van der Waals surface area contributed by atoms with Crippen LogP contribution in [-0.4, -0.2) is 43.9 Å². The van der Waals surface area contributed by atoms with E-state index in [-0.39, 0.29) is 12.6 Å². The minimum absolute atomic E-state index is 0.131. The monoisotopic (exact) mass is 283 g/mol. The third-order valence-corrected chi connectivity index (χ3v) is 2.74. The Kier molecular flexibility index (Phi) is 6.54. The predicted molar refractivity (Wildman–Crippen MR) is 78.7 cm³/mol. The maximum absolute atomic E-state index is 10.3. The molecule has 0 bridgehead atoms. The highest BCUT2D eigenvalue weighted by Crippen LogP contribution is 2.20. The van der Waals surface area contributed by atoms with Crippen LogP contribution in [0.15, 0.2) is 27.8 Å². The quantitative estimate of drug-likeness (QED) is 0.515. The lowest BCUT2D eigenvalue weighted by atomic mass is 10.0. The van der Waals surface area contributed by atoms with Gasteiger partial charge < -0.3 is 24.9 Å². The average molecular weight is 283 g/mol. The Morgan fingerprint density at radius 1 is 1.60 bits per heavy atom. The van der Waals surface area contributed by atoms with Crippen LogP contribution in [0.1, 0.15) is 26.5 Å². The zero-order chi connectivity index (χ0) is 15.0. The van der Waals surface area contributed by atoms with Crippen LogP contribution in [0.3, 0.4) is 0 Å². The number of methoxy groups -OCH3 is 1. The molecule has 2 atom stereocenters. The normalized spacial score (nSPS) is 16.6. The van der Waals surface area contributed by atoms with Gasteiger partial charge in [-0.2, -0.15) is 0 Å². The van der Waals surface area contributed by atoms with Crippen molar-refractivity contribution in [2.45, 2.75) is 32.4 Å². The Balaban J connectivity index is 2.66. The molecule has 1 aromatic heterocycles. The van der Waals surface area contributed by atoms with Gasteiger partial charge in [0.25, 0.3) is 0 Å². The molecule has 0 radical (unpaired) electrons. The summed E-state index contributed by atoms with van der Waals surface area (Å²) in [5.41, 5.74) is -1.13. The predicted octanol–water partition coefficient (Wildman–Crippen LogP) is 1.08. The van der Waals surface area contributed by atoms with Crippen molar-refractivity contribution in [2.24, 2.45) is 4.99 Å². The molecule has 1 rings (SSSR count). The van der Waals surface area contributed by atoms with Crippen molar-refractivity contribution in [1.82, 2.24) is 10.6 Å². The highest BCUT2D eigenvalue weighted by Gasteiger charge is 2.26. The average Bonchev–Trinajstić information content (AvgIpc) is 2.91. The van der Waals surface area contributed by atoms with Gasteiger partial charge in [-0.15, -0.1) is 0 Å². The second-order valence-electron chi connectivity index (χ2n) is 4.95. The number of aliphatic imine (C=N–C) groups is 1. The number of ether oxygens (including phenoxy) is 1. The van der Waals surface area contributed by atoms with E-state index in [0.717, 1.165) is 6.54 Å². The number of aliphatic hydroxyl groups is 1. The van der Waals surface area contributed by atoms with Crippen LogP contribution in [0.25, 0.3) is 0 Å². The van der Waals surface area contributed by atoms with Gasteiger partial charge in [-0.3, -0.25) is 0 Å². The number of furan rings is 1. The molecule has 0 aliphatic heterocycles. The van der Waals surface area contributed by atoms with Crippen LogP contribution in [-0.2, 0) is 10.3 Å². The fourth-order valence-electron chi connectivity index (χ4n) is 1.74. The Morgan fingerprint density at radius 3 is 2.90 bits per heavy atom. The van der Waals surface area contributed by atoms with Crippen LogP contribution in [0.4, 0.5) is 0 Å². The van der Waals surface area contributed by atoms with Gasteiger partial charge >= 0.3 is 0 Å². The van der Waals surface area contributed by atoms with Gasteiger partial charge in [0.2, 0.25) is 0 Å². The summed E-state index contributed by atoms with van der Waals surface area (Å²) in [7, 11) is 1.66. The lowest BCUT2D eigenvalue weighted by molar-refractivity contribution is 0.0436. The highest BCUT2D eigenvalue weighted by molar-refractivity contribution is 5.80. The van der Waals surface area contributed by atoms with E-state index in [2.05, 4.69) is 15.6 Å². The van der Waals surface area contributed by atoms with Crippen molar-refractivity contribution in [3.05, 3.63) is 24.2 Å². The lowest BCUT2D eigenvalue weighted by Gasteiger charge is -2.21. The van der Waals surface area contributed by atoms with Crippen molar-refractivity contribution < 1.29 is 14.3 Å². The molecule has 2 unspecified atom stereocenters. The molecule has 0 aromatic carbocycles. The van der Waals surface area contributed by atoms with Crippen LogP contribution in [0, 0.1) is 0 Å². The zero-order valence-electron chi connectivity index (χ0n) is 12.6. The summed E-state index contributed by atoms with van der Waals surface area (Å²) in [5.74, 6) is 1.14. The first-order chi connectivity index (χ1) is 9.49. The van der Waals surface area contributed by atoms with Crippen molar-refractivity contribution in [3.8, 4) is 0 Å². The molecule has 0 aliphatic rings. The molecule has 6 heteroatoms. The van der Waals surface area contributed by atoms with Crippen molar-refractivity contribution in [3.63, 3.8) is 0 Å². The topological polar surface area (TPSA) is 79.0 Å². The first kappa shape index (κ1) is 16.5. The van der Waals surface area contributed by atoms with Crippen molar-refractivity contribution >= 4 is 5.96 Å². The van der Waals surface area contributed by atoms with E-state index in [9.17, 15) is 5.11 Å². The molecular weight excluding hydrogens is 258 g/mol. The van der Waals surface area contributed by atoms with Gasteiger partial charge in [-0.25, -0.2) is 4.99 Å². The number of guanidine groups is 1. The third kappa shape index (κ3) is 5.22. The van der Waals surface area contributed by atoms with Crippen molar-refractivity contribution in [2.75, 3.05) is 26.8 Å².